The molecule has 1 heterocycles. The highest BCUT2D eigenvalue weighted by Crippen LogP contribution is 2.16. The summed E-state index contributed by atoms with van der Waals surface area (Å²) < 4.78 is 0. The first kappa shape index (κ1) is 10.2. The summed E-state index contributed by atoms with van der Waals surface area (Å²) in [6.45, 7) is 4.34. The zero-order chi connectivity index (χ0) is 9.68. The van der Waals surface area contributed by atoms with E-state index in [0.29, 0.717) is 6.61 Å². The zero-order valence-electron chi connectivity index (χ0n) is 7.79. The standard InChI is InChI=1S/C9H13NO2S/c1-3-7-5-6-13-8(7)9(11)10-12-4-2/h5-6H,3-4H2,1-2H3,(H,10,11). The molecule has 0 radical (unpaired) electrons. The minimum Gasteiger partial charge on any atom is -0.274 e. The topological polar surface area (TPSA) is 38.3 Å². The SMILES string of the molecule is CCONC(=O)c1sccc1CC. The molecule has 3 nitrogen and oxygen atoms in total. The lowest BCUT2D eigenvalue weighted by Gasteiger charge is -2.02. The highest BCUT2D eigenvalue weighted by molar-refractivity contribution is 7.12. The van der Waals surface area contributed by atoms with Crippen LogP contribution >= 0.6 is 11.3 Å². The van der Waals surface area contributed by atoms with Crippen molar-refractivity contribution in [3.05, 3.63) is 21.9 Å². The average molecular weight is 199 g/mol. The summed E-state index contributed by atoms with van der Waals surface area (Å²) in [6.07, 6.45) is 0.873. The summed E-state index contributed by atoms with van der Waals surface area (Å²) in [6, 6.07) is 1.96. The number of nitrogens with one attached hydrogen (secondary N) is 1. The van der Waals surface area contributed by atoms with Crippen molar-refractivity contribution >= 4 is 17.2 Å². The Morgan fingerprint density at radius 2 is 2.38 bits per heavy atom. The van der Waals surface area contributed by atoms with Gasteiger partial charge in [0, 0.05) is 0 Å². The summed E-state index contributed by atoms with van der Waals surface area (Å²) >= 11 is 1.44. The molecule has 1 N–H and O–H groups in total. The second-order valence-electron chi connectivity index (χ2n) is 2.49. The second kappa shape index (κ2) is 4.99. The fourth-order valence-corrected chi connectivity index (χ4v) is 1.88. The number of amides is 1. The van der Waals surface area contributed by atoms with E-state index in [1.807, 2.05) is 25.3 Å². The van der Waals surface area contributed by atoms with Gasteiger partial charge in [-0.25, -0.2) is 5.48 Å². The van der Waals surface area contributed by atoms with E-state index in [0.717, 1.165) is 16.9 Å². The second-order valence-corrected chi connectivity index (χ2v) is 3.41. The van der Waals surface area contributed by atoms with Crippen molar-refractivity contribution < 1.29 is 9.63 Å². The van der Waals surface area contributed by atoms with Crippen molar-refractivity contribution in [1.29, 1.82) is 0 Å². The predicted octanol–water partition coefficient (Wildman–Crippen LogP) is 1.99. The fraction of sp³-hybridized carbons (Fsp3) is 0.444. The molecule has 0 aliphatic carbocycles. The Balaban J connectivity index is 2.65. The molecule has 0 saturated carbocycles. The predicted molar refractivity (Wildman–Crippen MR) is 52.8 cm³/mol. The number of carbonyl (C=O) groups is 1. The van der Waals surface area contributed by atoms with Gasteiger partial charge in [0.15, 0.2) is 0 Å². The van der Waals surface area contributed by atoms with E-state index in [9.17, 15) is 4.79 Å². The van der Waals surface area contributed by atoms with Crippen LogP contribution in [0.15, 0.2) is 11.4 Å². The first-order valence-electron chi connectivity index (χ1n) is 4.28. The minimum atomic E-state index is -0.145. The highest BCUT2D eigenvalue weighted by atomic mass is 32.1. The molecule has 13 heavy (non-hydrogen) atoms. The summed E-state index contributed by atoms with van der Waals surface area (Å²) in [5.41, 5.74) is 3.45. The molecule has 72 valence electrons. The van der Waals surface area contributed by atoms with Crippen LogP contribution < -0.4 is 5.48 Å². The van der Waals surface area contributed by atoms with E-state index in [-0.39, 0.29) is 5.91 Å². The Kier molecular flexibility index (Phi) is 3.92. The van der Waals surface area contributed by atoms with Crippen LogP contribution in [-0.4, -0.2) is 12.5 Å². The summed E-state index contributed by atoms with van der Waals surface area (Å²) in [5, 5.41) is 1.92. The van der Waals surface area contributed by atoms with Gasteiger partial charge in [-0.15, -0.1) is 11.3 Å². The van der Waals surface area contributed by atoms with Crippen LogP contribution in [0, 0.1) is 0 Å². The maximum atomic E-state index is 11.4. The first-order chi connectivity index (χ1) is 6.29. The summed E-state index contributed by atoms with van der Waals surface area (Å²) in [5.74, 6) is -0.145. The lowest BCUT2D eigenvalue weighted by molar-refractivity contribution is 0.0367. The van der Waals surface area contributed by atoms with Crippen LogP contribution in [0.25, 0.3) is 0 Å². The smallest absolute Gasteiger partial charge is 0.274 e. The van der Waals surface area contributed by atoms with E-state index in [2.05, 4.69) is 5.48 Å². The van der Waals surface area contributed by atoms with E-state index in [1.165, 1.54) is 11.3 Å². The van der Waals surface area contributed by atoms with Crippen molar-refractivity contribution in [2.45, 2.75) is 20.3 Å². The molecule has 0 atom stereocenters. The Morgan fingerprint density at radius 3 is 3.00 bits per heavy atom. The number of thiophene rings is 1. The van der Waals surface area contributed by atoms with Crippen molar-refractivity contribution in [1.82, 2.24) is 5.48 Å². The van der Waals surface area contributed by atoms with Gasteiger partial charge in [-0.2, -0.15) is 0 Å². The monoisotopic (exact) mass is 199 g/mol. The van der Waals surface area contributed by atoms with E-state index < -0.39 is 0 Å². The van der Waals surface area contributed by atoms with Crippen LogP contribution in [0.1, 0.15) is 29.1 Å². The Labute approximate surface area is 81.7 Å². The Morgan fingerprint density at radius 1 is 1.62 bits per heavy atom. The molecular weight excluding hydrogens is 186 g/mol. The van der Waals surface area contributed by atoms with E-state index >= 15 is 0 Å². The number of aryl methyl sites for hydroxylation is 1. The van der Waals surface area contributed by atoms with E-state index in [1.54, 1.807) is 0 Å². The molecule has 0 aliphatic rings. The normalized spacial score (nSPS) is 10.0. The lowest BCUT2D eigenvalue weighted by atomic mass is 10.2. The number of hydrogen-bond donors (Lipinski definition) is 1. The molecule has 0 aliphatic heterocycles. The maximum absolute atomic E-state index is 11.4. The first-order valence-corrected chi connectivity index (χ1v) is 5.16. The molecule has 0 spiro atoms. The number of hydroxylamine groups is 1. The molecule has 0 fully saturated rings. The molecule has 4 heteroatoms. The Hall–Kier alpha value is -0.870. The zero-order valence-corrected chi connectivity index (χ0v) is 8.61. The lowest BCUT2D eigenvalue weighted by Crippen LogP contribution is -2.23. The van der Waals surface area contributed by atoms with Crippen LogP contribution in [0.4, 0.5) is 0 Å². The average Bonchev–Trinajstić information content (AvgIpc) is 2.61. The van der Waals surface area contributed by atoms with Crippen LogP contribution in [0.5, 0.6) is 0 Å². The largest absolute Gasteiger partial charge is 0.285 e. The maximum Gasteiger partial charge on any atom is 0.285 e. The van der Waals surface area contributed by atoms with E-state index in [4.69, 9.17) is 4.84 Å². The number of rotatable bonds is 4. The minimum absolute atomic E-state index is 0.145. The Bertz CT molecular complexity index is 283. The van der Waals surface area contributed by atoms with Gasteiger partial charge in [-0.3, -0.25) is 9.63 Å². The summed E-state index contributed by atoms with van der Waals surface area (Å²) in [7, 11) is 0. The molecule has 1 aromatic heterocycles. The highest BCUT2D eigenvalue weighted by Gasteiger charge is 2.10. The molecule has 0 saturated heterocycles. The van der Waals surface area contributed by atoms with Gasteiger partial charge >= 0.3 is 0 Å². The molecule has 1 amide bonds. The van der Waals surface area contributed by atoms with Crippen molar-refractivity contribution in [3.8, 4) is 0 Å². The van der Waals surface area contributed by atoms with Gasteiger partial charge in [0.05, 0.1) is 11.5 Å². The molecule has 1 rings (SSSR count). The van der Waals surface area contributed by atoms with Crippen molar-refractivity contribution in [3.63, 3.8) is 0 Å². The van der Waals surface area contributed by atoms with Gasteiger partial charge in [0.2, 0.25) is 0 Å². The molecule has 0 aromatic carbocycles. The molecular formula is C9H13NO2S. The van der Waals surface area contributed by atoms with Crippen LogP contribution in [0.2, 0.25) is 0 Å². The quantitative estimate of drug-likeness (QED) is 0.753. The van der Waals surface area contributed by atoms with Crippen molar-refractivity contribution in [2.24, 2.45) is 0 Å². The fourth-order valence-electron chi connectivity index (χ4n) is 0.997. The third kappa shape index (κ3) is 2.54. The summed E-state index contributed by atoms with van der Waals surface area (Å²) in [4.78, 5) is 17.0. The van der Waals surface area contributed by atoms with Gasteiger partial charge in [-0.05, 0) is 30.4 Å². The van der Waals surface area contributed by atoms with Gasteiger partial charge in [-0.1, -0.05) is 6.92 Å². The van der Waals surface area contributed by atoms with Gasteiger partial charge < -0.3 is 0 Å². The van der Waals surface area contributed by atoms with Crippen LogP contribution in [-0.2, 0) is 11.3 Å². The number of carbonyl (C=O) groups excluding carboxylic acids is 1. The van der Waals surface area contributed by atoms with Crippen molar-refractivity contribution in [2.75, 3.05) is 6.61 Å². The molecule has 0 bridgehead atoms. The third-order valence-electron chi connectivity index (χ3n) is 1.64. The number of hydrogen-bond acceptors (Lipinski definition) is 3. The van der Waals surface area contributed by atoms with Crippen LogP contribution in [0.3, 0.4) is 0 Å². The van der Waals surface area contributed by atoms with Gasteiger partial charge in [0.25, 0.3) is 5.91 Å². The third-order valence-corrected chi connectivity index (χ3v) is 2.60. The van der Waals surface area contributed by atoms with Gasteiger partial charge in [0.1, 0.15) is 0 Å². The molecule has 1 aromatic rings. The molecule has 0 unspecified atom stereocenters.